The average Bonchev–Trinajstić information content (AvgIpc) is 3.17. The van der Waals surface area contributed by atoms with E-state index in [-0.39, 0.29) is 11.7 Å². The molecule has 0 saturated carbocycles. The summed E-state index contributed by atoms with van der Waals surface area (Å²) in [5, 5.41) is 0. The molecule has 3 aromatic rings. The highest BCUT2D eigenvalue weighted by Crippen LogP contribution is 2.34. The number of methoxy groups -OCH3 is 1. The first-order chi connectivity index (χ1) is 18.0. The van der Waals surface area contributed by atoms with Gasteiger partial charge in [-0.1, -0.05) is 24.3 Å². The summed E-state index contributed by atoms with van der Waals surface area (Å²) in [5.41, 5.74) is 5.67. The quantitative estimate of drug-likeness (QED) is 0.504. The lowest BCUT2D eigenvalue weighted by molar-refractivity contribution is 0.0735. The van der Waals surface area contributed by atoms with Crippen LogP contribution in [0.4, 0.5) is 15.8 Å². The summed E-state index contributed by atoms with van der Waals surface area (Å²) in [4.78, 5) is 20.6. The molecule has 37 heavy (non-hydrogen) atoms. The van der Waals surface area contributed by atoms with Gasteiger partial charge in [0.25, 0.3) is 5.91 Å². The van der Waals surface area contributed by atoms with E-state index >= 15 is 0 Å². The Bertz CT molecular complexity index is 1260. The van der Waals surface area contributed by atoms with Crippen LogP contribution in [-0.2, 0) is 11.3 Å². The largest absolute Gasteiger partial charge is 0.495 e. The SMILES string of the molecule is COc1ccccc1N1CCN(C(=O)c2c(C)c(N3CCOCC3)c(C)n2Cc2cccc(F)c2)CC1. The summed E-state index contributed by atoms with van der Waals surface area (Å²) in [6.45, 7) is 10.2. The Morgan fingerprint density at radius 1 is 0.946 bits per heavy atom. The van der Waals surface area contributed by atoms with Gasteiger partial charge >= 0.3 is 0 Å². The Kier molecular flexibility index (Phi) is 7.37. The van der Waals surface area contributed by atoms with Gasteiger partial charge in [0.15, 0.2) is 0 Å². The highest BCUT2D eigenvalue weighted by Gasteiger charge is 2.31. The number of para-hydroxylation sites is 2. The number of morpholine rings is 1. The zero-order valence-corrected chi connectivity index (χ0v) is 21.9. The Labute approximate surface area is 218 Å². The third-order valence-corrected chi connectivity index (χ3v) is 7.48. The van der Waals surface area contributed by atoms with E-state index in [2.05, 4.69) is 27.4 Å². The molecular weight excluding hydrogens is 471 g/mol. The van der Waals surface area contributed by atoms with Crippen LogP contribution < -0.4 is 14.5 Å². The zero-order valence-electron chi connectivity index (χ0n) is 21.9. The second kappa shape index (κ2) is 10.8. The van der Waals surface area contributed by atoms with Gasteiger partial charge in [0.1, 0.15) is 17.3 Å². The molecule has 0 radical (unpaired) electrons. The highest BCUT2D eigenvalue weighted by atomic mass is 19.1. The van der Waals surface area contributed by atoms with Crippen molar-refractivity contribution in [2.75, 3.05) is 69.4 Å². The molecule has 3 heterocycles. The number of nitrogens with zero attached hydrogens (tertiary/aromatic N) is 4. The molecule has 8 heteroatoms. The first kappa shape index (κ1) is 25.1. The van der Waals surface area contributed by atoms with Crippen molar-refractivity contribution in [3.8, 4) is 5.75 Å². The molecule has 2 saturated heterocycles. The molecule has 2 aromatic carbocycles. The lowest BCUT2D eigenvalue weighted by atomic mass is 10.1. The number of halogens is 1. The van der Waals surface area contributed by atoms with Crippen LogP contribution in [0.5, 0.6) is 5.75 Å². The maximum absolute atomic E-state index is 14.1. The van der Waals surface area contributed by atoms with Crippen LogP contribution in [0.15, 0.2) is 48.5 Å². The number of carbonyl (C=O) groups is 1. The van der Waals surface area contributed by atoms with Gasteiger partial charge in [0, 0.05) is 57.1 Å². The standard InChI is InChI=1S/C29H35FN4O3/c1-21-27(32-15-17-37-18-16-32)22(2)34(20-23-7-6-8-24(30)19-23)28(21)29(35)33-13-11-31(12-14-33)25-9-4-5-10-26(25)36-3/h4-10,19H,11-18,20H2,1-3H3. The van der Waals surface area contributed by atoms with Crippen molar-refractivity contribution < 1.29 is 18.7 Å². The number of anilines is 2. The van der Waals surface area contributed by atoms with Gasteiger partial charge in [-0.2, -0.15) is 0 Å². The van der Waals surface area contributed by atoms with Gasteiger partial charge in [-0.15, -0.1) is 0 Å². The van der Waals surface area contributed by atoms with Crippen molar-refractivity contribution in [2.24, 2.45) is 0 Å². The fraction of sp³-hybridized carbons (Fsp3) is 0.414. The summed E-state index contributed by atoms with van der Waals surface area (Å²) >= 11 is 0. The molecule has 0 atom stereocenters. The van der Waals surface area contributed by atoms with Crippen molar-refractivity contribution in [1.82, 2.24) is 9.47 Å². The van der Waals surface area contributed by atoms with Gasteiger partial charge in [0.2, 0.25) is 0 Å². The van der Waals surface area contributed by atoms with E-state index in [4.69, 9.17) is 9.47 Å². The first-order valence-electron chi connectivity index (χ1n) is 12.9. The summed E-state index contributed by atoms with van der Waals surface area (Å²) in [6, 6.07) is 14.6. The summed E-state index contributed by atoms with van der Waals surface area (Å²) < 4.78 is 27.2. The predicted octanol–water partition coefficient (Wildman–Crippen LogP) is 4.10. The number of ether oxygens (including phenoxy) is 2. The van der Waals surface area contributed by atoms with E-state index in [1.54, 1.807) is 19.2 Å². The number of hydrogen-bond acceptors (Lipinski definition) is 5. The summed E-state index contributed by atoms with van der Waals surface area (Å²) in [6.07, 6.45) is 0. The first-order valence-corrected chi connectivity index (χ1v) is 12.9. The third kappa shape index (κ3) is 5.03. The third-order valence-electron chi connectivity index (χ3n) is 7.48. The van der Waals surface area contributed by atoms with E-state index in [0.717, 1.165) is 60.1 Å². The highest BCUT2D eigenvalue weighted by molar-refractivity contribution is 5.97. The van der Waals surface area contributed by atoms with Crippen LogP contribution in [0.25, 0.3) is 0 Å². The van der Waals surface area contributed by atoms with Crippen molar-refractivity contribution in [3.05, 3.63) is 76.9 Å². The number of hydrogen-bond donors (Lipinski definition) is 0. The minimum Gasteiger partial charge on any atom is -0.495 e. The topological polar surface area (TPSA) is 50.2 Å². The minimum absolute atomic E-state index is 0.0242. The van der Waals surface area contributed by atoms with E-state index < -0.39 is 0 Å². The van der Waals surface area contributed by atoms with Crippen LogP contribution in [0.2, 0.25) is 0 Å². The van der Waals surface area contributed by atoms with Crippen molar-refractivity contribution in [1.29, 1.82) is 0 Å². The molecule has 0 bridgehead atoms. The number of rotatable bonds is 6. The number of amides is 1. The summed E-state index contributed by atoms with van der Waals surface area (Å²) in [7, 11) is 1.68. The number of aromatic nitrogens is 1. The molecule has 0 unspecified atom stereocenters. The molecule has 2 fully saturated rings. The molecule has 1 aromatic heterocycles. The lowest BCUT2D eigenvalue weighted by Gasteiger charge is -2.37. The van der Waals surface area contributed by atoms with Crippen LogP contribution in [0.3, 0.4) is 0 Å². The van der Waals surface area contributed by atoms with Crippen molar-refractivity contribution in [3.63, 3.8) is 0 Å². The fourth-order valence-electron chi connectivity index (χ4n) is 5.62. The van der Waals surface area contributed by atoms with Gasteiger partial charge in [-0.3, -0.25) is 4.79 Å². The van der Waals surface area contributed by atoms with Crippen LogP contribution >= 0.6 is 0 Å². The molecule has 196 valence electrons. The number of piperazine rings is 1. The molecule has 5 rings (SSSR count). The monoisotopic (exact) mass is 506 g/mol. The second-order valence-electron chi connectivity index (χ2n) is 9.67. The molecule has 2 aliphatic rings. The molecule has 7 nitrogen and oxygen atoms in total. The molecule has 0 N–H and O–H groups in total. The maximum atomic E-state index is 14.1. The second-order valence-corrected chi connectivity index (χ2v) is 9.67. The number of carbonyl (C=O) groups excluding carboxylic acids is 1. The maximum Gasteiger partial charge on any atom is 0.270 e. The molecule has 1 amide bonds. The van der Waals surface area contributed by atoms with Crippen LogP contribution in [0.1, 0.15) is 27.3 Å². The minimum atomic E-state index is -0.271. The van der Waals surface area contributed by atoms with Crippen molar-refractivity contribution in [2.45, 2.75) is 20.4 Å². The van der Waals surface area contributed by atoms with E-state index in [1.165, 1.54) is 6.07 Å². The molecule has 0 aliphatic carbocycles. The Morgan fingerprint density at radius 3 is 2.38 bits per heavy atom. The number of benzene rings is 2. The molecular formula is C29H35FN4O3. The lowest BCUT2D eigenvalue weighted by Crippen LogP contribution is -2.49. The molecule has 2 aliphatic heterocycles. The van der Waals surface area contributed by atoms with Gasteiger partial charge in [-0.25, -0.2) is 4.39 Å². The predicted molar refractivity (Wildman–Crippen MR) is 144 cm³/mol. The Hall–Kier alpha value is -3.52. The van der Waals surface area contributed by atoms with Gasteiger partial charge in [-0.05, 0) is 43.7 Å². The molecule has 0 spiro atoms. The van der Waals surface area contributed by atoms with E-state index in [1.807, 2.05) is 36.1 Å². The fourth-order valence-corrected chi connectivity index (χ4v) is 5.62. The van der Waals surface area contributed by atoms with E-state index in [0.29, 0.717) is 38.5 Å². The zero-order chi connectivity index (χ0) is 25.9. The van der Waals surface area contributed by atoms with Gasteiger partial charge in [0.05, 0.1) is 31.7 Å². The normalized spacial score (nSPS) is 16.3. The van der Waals surface area contributed by atoms with Crippen LogP contribution in [-0.4, -0.2) is 75.0 Å². The smallest absolute Gasteiger partial charge is 0.270 e. The average molecular weight is 507 g/mol. The van der Waals surface area contributed by atoms with E-state index in [9.17, 15) is 9.18 Å². The Balaban J connectivity index is 1.44. The van der Waals surface area contributed by atoms with Crippen molar-refractivity contribution >= 4 is 17.3 Å². The van der Waals surface area contributed by atoms with Crippen LogP contribution in [0, 0.1) is 19.7 Å². The Morgan fingerprint density at radius 2 is 1.68 bits per heavy atom. The summed E-state index contributed by atoms with van der Waals surface area (Å²) in [5.74, 6) is 0.594. The van der Waals surface area contributed by atoms with Gasteiger partial charge < -0.3 is 28.7 Å².